The van der Waals surface area contributed by atoms with E-state index in [9.17, 15) is 9.59 Å². The van der Waals surface area contributed by atoms with Crippen LogP contribution in [0.25, 0.3) is 0 Å². The molecule has 120 valence electrons. The third-order valence-electron chi connectivity index (χ3n) is 3.67. The minimum Gasteiger partial charge on any atom is -0.366 e. The highest BCUT2D eigenvalue weighted by atomic mass is 16.5. The van der Waals surface area contributed by atoms with Gasteiger partial charge in [-0.15, -0.1) is 0 Å². The second-order valence-electron chi connectivity index (χ2n) is 5.47. The van der Waals surface area contributed by atoms with E-state index in [0.717, 1.165) is 5.56 Å². The number of benzene rings is 1. The third kappa shape index (κ3) is 4.82. The molecule has 2 amide bonds. The zero-order chi connectivity index (χ0) is 15.9. The van der Waals surface area contributed by atoms with Crippen LogP contribution in [0.5, 0.6) is 0 Å². The molecule has 2 rings (SSSR count). The number of nitrogens with one attached hydrogen (secondary N) is 2. The summed E-state index contributed by atoms with van der Waals surface area (Å²) in [7, 11) is 1.58. The normalized spacial score (nSPS) is 18.7. The van der Waals surface area contributed by atoms with Crippen LogP contribution in [0.3, 0.4) is 0 Å². The van der Waals surface area contributed by atoms with Gasteiger partial charge in [0.1, 0.15) is 6.10 Å². The number of likely N-dealkylation sites (N-methyl/N-ethyl adjacent to an activating group) is 1. The van der Waals surface area contributed by atoms with E-state index in [1.807, 2.05) is 36.1 Å². The number of carbonyl (C=O) groups excluding carboxylic acids is 2. The molecule has 0 aromatic heterocycles. The van der Waals surface area contributed by atoms with Gasteiger partial charge in [0, 0.05) is 26.7 Å². The second kappa shape index (κ2) is 7.91. The summed E-state index contributed by atoms with van der Waals surface area (Å²) < 4.78 is 5.40. The van der Waals surface area contributed by atoms with E-state index in [2.05, 4.69) is 10.6 Å². The van der Waals surface area contributed by atoms with Crippen LogP contribution >= 0.6 is 0 Å². The van der Waals surface area contributed by atoms with Gasteiger partial charge in [0.2, 0.25) is 11.8 Å². The van der Waals surface area contributed by atoms with Crippen molar-refractivity contribution in [3.05, 3.63) is 35.4 Å². The van der Waals surface area contributed by atoms with Gasteiger partial charge in [-0.05, 0) is 12.5 Å². The Kier molecular flexibility index (Phi) is 5.91. The average Bonchev–Trinajstić information content (AvgIpc) is 2.54. The van der Waals surface area contributed by atoms with E-state index < -0.39 is 6.10 Å². The van der Waals surface area contributed by atoms with Gasteiger partial charge in [-0.2, -0.15) is 0 Å². The van der Waals surface area contributed by atoms with Crippen LogP contribution in [-0.4, -0.2) is 56.1 Å². The van der Waals surface area contributed by atoms with Crippen molar-refractivity contribution in [3.63, 3.8) is 0 Å². The first kappa shape index (κ1) is 16.5. The first-order chi connectivity index (χ1) is 10.6. The molecule has 2 N–H and O–H groups in total. The van der Waals surface area contributed by atoms with Gasteiger partial charge in [-0.3, -0.25) is 14.5 Å². The highest BCUT2D eigenvalue weighted by molar-refractivity contribution is 5.81. The number of nitrogens with zero attached hydrogens (tertiary/aromatic N) is 1. The molecule has 1 fully saturated rings. The summed E-state index contributed by atoms with van der Waals surface area (Å²) in [6, 6.07) is 8.06. The largest absolute Gasteiger partial charge is 0.366 e. The van der Waals surface area contributed by atoms with Crippen molar-refractivity contribution in [2.24, 2.45) is 0 Å². The monoisotopic (exact) mass is 305 g/mol. The number of rotatable bonds is 5. The zero-order valence-corrected chi connectivity index (χ0v) is 13.1. The quantitative estimate of drug-likeness (QED) is 0.807. The smallest absolute Gasteiger partial charge is 0.250 e. The summed E-state index contributed by atoms with van der Waals surface area (Å²) in [5.74, 6) is -0.192. The molecular formula is C16H23N3O3. The van der Waals surface area contributed by atoms with E-state index in [1.54, 1.807) is 7.05 Å². The lowest BCUT2D eigenvalue weighted by Crippen LogP contribution is -2.51. The van der Waals surface area contributed by atoms with Crippen molar-refractivity contribution in [3.8, 4) is 0 Å². The Labute approximate surface area is 130 Å². The first-order valence-electron chi connectivity index (χ1n) is 7.46. The number of aryl methyl sites for hydroxylation is 1. The predicted octanol–water partition coefficient (Wildman–Crippen LogP) is 0.0580. The number of hydrogen-bond donors (Lipinski definition) is 2. The van der Waals surface area contributed by atoms with Crippen molar-refractivity contribution >= 4 is 11.8 Å². The Balaban J connectivity index is 1.76. The van der Waals surface area contributed by atoms with Gasteiger partial charge < -0.3 is 15.4 Å². The summed E-state index contributed by atoms with van der Waals surface area (Å²) in [5.41, 5.74) is 2.27. The zero-order valence-electron chi connectivity index (χ0n) is 13.1. The molecular weight excluding hydrogens is 282 g/mol. The van der Waals surface area contributed by atoms with Crippen molar-refractivity contribution in [1.29, 1.82) is 0 Å². The highest BCUT2D eigenvalue weighted by Crippen LogP contribution is 2.05. The lowest BCUT2D eigenvalue weighted by Gasteiger charge is -2.31. The number of amides is 2. The average molecular weight is 305 g/mol. The van der Waals surface area contributed by atoms with Crippen molar-refractivity contribution in [2.45, 2.75) is 19.6 Å². The maximum absolute atomic E-state index is 12.0. The molecule has 22 heavy (non-hydrogen) atoms. The van der Waals surface area contributed by atoms with Crippen molar-refractivity contribution in [1.82, 2.24) is 15.5 Å². The molecule has 1 aromatic carbocycles. The molecule has 1 atom stereocenters. The highest BCUT2D eigenvalue weighted by Gasteiger charge is 2.26. The molecule has 1 heterocycles. The number of ether oxygens (including phenoxy) is 1. The van der Waals surface area contributed by atoms with Crippen LogP contribution in [0.2, 0.25) is 0 Å². The molecule has 0 bridgehead atoms. The first-order valence-corrected chi connectivity index (χ1v) is 7.46. The van der Waals surface area contributed by atoms with E-state index in [0.29, 0.717) is 26.2 Å². The summed E-state index contributed by atoms with van der Waals surface area (Å²) in [5, 5.41) is 5.47. The molecule has 1 aliphatic rings. The van der Waals surface area contributed by atoms with E-state index in [-0.39, 0.29) is 18.4 Å². The van der Waals surface area contributed by atoms with Crippen molar-refractivity contribution in [2.75, 3.05) is 33.3 Å². The Bertz CT molecular complexity index is 516. The lowest BCUT2D eigenvalue weighted by molar-refractivity contribution is -0.140. The molecule has 0 saturated carbocycles. The predicted molar refractivity (Wildman–Crippen MR) is 83.3 cm³/mol. The maximum Gasteiger partial charge on any atom is 0.250 e. The molecule has 0 spiro atoms. The van der Waals surface area contributed by atoms with Crippen LogP contribution < -0.4 is 10.6 Å². The fourth-order valence-electron chi connectivity index (χ4n) is 2.33. The summed E-state index contributed by atoms with van der Waals surface area (Å²) in [6.45, 7) is 4.39. The van der Waals surface area contributed by atoms with E-state index in [4.69, 9.17) is 4.74 Å². The molecule has 1 aromatic rings. The van der Waals surface area contributed by atoms with Gasteiger partial charge in [-0.1, -0.05) is 29.8 Å². The van der Waals surface area contributed by atoms with Crippen LogP contribution in [0.4, 0.5) is 0 Å². The minimum atomic E-state index is -0.497. The van der Waals surface area contributed by atoms with E-state index >= 15 is 0 Å². The Morgan fingerprint density at radius 3 is 2.73 bits per heavy atom. The molecule has 1 unspecified atom stereocenters. The molecule has 1 saturated heterocycles. The van der Waals surface area contributed by atoms with Gasteiger partial charge in [-0.25, -0.2) is 0 Å². The SMILES string of the molecule is CNC(=O)C1CN(CC(=O)NCc2ccc(C)cc2)CCO1. The Hall–Kier alpha value is -1.92. The number of morpholine rings is 1. The minimum absolute atomic E-state index is 0.0434. The van der Waals surface area contributed by atoms with Crippen LogP contribution in [-0.2, 0) is 20.9 Å². The van der Waals surface area contributed by atoms with Crippen LogP contribution in [0.1, 0.15) is 11.1 Å². The van der Waals surface area contributed by atoms with Gasteiger partial charge in [0.15, 0.2) is 0 Å². The molecule has 0 radical (unpaired) electrons. The van der Waals surface area contributed by atoms with Crippen LogP contribution in [0.15, 0.2) is 24.3 Å². The molecule has 6 heteroatoms. The maximum atomic E-state index is 12.0. The summed E-state index contributed by atoms with van der Waals surface area (Å²) >= 11 is 0. The molecule has 0 aliphatic carbocycles. The summed E-state index contributed by atoms with van der Waals surface area (Å²) in [4.78, 5) is 25.5. The second-order valence-corrected chi connectivity index (χ2v) is 5.47. The Morgan fingerprint density at radius 2 is 2.05 bits per heavy atom. The fourth-order valence-corrected chi connectivity index (χ4v) is 2.33. The van der Waals surface area contributed by atoms with Gasteiger partial charge in [0.05, 0.1) is 13.2 Å². The summed E-state index contributed by atoms with van der Waals surface area (Å²) in [6.07, 6.45) is -0.497. The van der Waals surface area contributed by atoms with Crippen molar-refractivity contribution < 1.29 is 14.3 Å². The van der Waals surface area contributed by atoms with E-state index in [1.165, 1.54) is 5.56 Å². The standard InChI is InChI=1S/C16H23N3O3/c1-12-3-5-13(6-4-12)9-18-15(20)11-19-7-8-22-14(10-19)16(21)17-2/h3-6,14H,7-11H2,1-2H3,(H,17,21)(H,18,20). The number of hydrogen-bond acceptors (Lipinski definition) is 4. The Morgan fingerprint density at radius 1 is 1.32 bits per heavy atom. The van der Waals surface area contributed by atoms with Crippen LogP contribution in [0, 0.1) is 6.92 Å². The topological polar surface area (TPSA) is 70.7 Å². The molecule has 1 aliphatic heterocycles. The lowest BCUT2D eigenvalue weighted by atomic mass is 10.1. The fraction of sp³-hybridized carbons (Fsp3) is 0.500. The third-order valence-corrected chi connectivity index (χ3v) is 3.67. The number of carbonyl (C=O) groups is 2. The van der Waals surface area contributed by atoms with Gasteiger partial charge in [0.25, 0.3) is 0 Å². The molecule has 6 nitrogen and oxygen atoms in total. The van der Waals surface area contributed by atoms with Gasteiger partial charge >= 0.3 is 0 Å².